The fourth-order valence-corrected chi connectivity index (χ4v) is 5.54. The fourth-order valence-electron chi connectivity index (χ4n) is 2.96. The molecule has 0 bridgehead atoms. The summed E-state index contributed by atoms with van der Waals surface area (Å²) in [6.07, 6.45) is 1.97. The number of hydrogen-bond donors (Lipinski definition) is 0. The molecule has 0 spiro atoms. The van der Waals surface area contributed by atoms with E-state index in [1.807, 2.05) is 6.92 Å². The zero-order valence-corrected chi connectivity index (χ0v) is 14.0. The first-order chi connectivity index (χ1) is 9.30. The van der Waals surface area contributed by atoms with Crippen LogP contribution < -0.4 is 0 Å². The van der Waals surface area contributed by atoms with Gasteiger partial charge in [0.25, 0.3) is 0 Å². The van der Waals surface area contributed by atoms with Crippen molar-refractivity contribution in [3.8, 4) is 0 Å². The van der Waals surface area contributed by atoms with Crippen LogP contribution >= 0.6 is 11.6 Å². The number of halogens is 1. The predicted octanol–water partition coefficient (Wildman–Crippen LogP) is 3.44. The number of furan rings is 1. The summed E-state index contributed by atoms with van der Waals surface area (Å²) in [7, 11) is -3.54. The summed E-state index contributed by atoms with van der Waals surface area (Å²) in [6.45, 7) is 8.09. The second-order valence-corrected chi connectivity index (χ2v) is 7.73. The average molecular weight is 320 g/mol. The molecule has 20 heavy (non-hydrogen) atoms. The van der Waals surface area contributed by atoms with E-state index in [2.05, 4.69) is 6.92 Å². The number of piperidine rings is 1. The van der Waals surface area contributed by atoms with E-state index in [9.17, 15) is 8.42 Å². The Kier molecular flexibility index (Phi) is 4.52. The highest BCUT2D eigenvalue weighted by atomic mass is 35.5. The van der Waals surface area contributed by atoms with Gasteiger partial charge in [-0.25, -0.2) is 8.42 Å². The topological polar surface area (TPSA) is 50.5 Å². The molecule has 1 aromatic heterocycles. The second kappa shape index (κ2) is 5.70. The van der Waals surface area contributed by atoms with Crippen molar-refractivity contribution in [3.63, 3.8) is 0 Å². The molecule has 1 aromatic rings. The smallest absolute Gasteiger partial charge is 0.247 e. The summed E-state index contributed by atoms with van der Waals surface area (Å²) in [5.74, 6) is 1.54. The van der Waals surface area contributed by atoms with Crippen LogP contribution in [0.2, 0.25) is 0 Å². The van der Waals surface area contributed by atoms with Gasteiger partial charge in [0.15, 0.2) is 0 Å². The van der Waals surface area contributed by atoms with Gasteiger partial charge in [-0.3, -0.25) is 0 Å². The molecule has 4 nitrogen and oxygen atoms in total. The van der Waals surface area contributed by atoms with Crippen molar-refractivity contribution >= 4 is 21.6 Å². The van der Waals surface area contributed by atoms with Gasteiger partial charge >= 0.3 is 0 Å². The summed E-state index contributed by atoms with van der Waals surface area (Å²) in [5, 5.41) is 0. The summed E-state index contributed by atoms with van der Waals surface area (Å²) in [5.41, 5.74) is 0.592. The number of aryl methyl sites for hydroxylation is 2. The number of rotatable bonds is 3. The highest BCUT2D eigenvalue weighted by Crippen LogP contribution is 2.34. The van der Waals surface area contributed by atoms with Gasteiger partial charge in [0, 0.05) is 18.2 Å². The Labute approximate surface area is 126 Å². The molecule has 1 aliphatic rings. The molecule has 6 heteroatoms. The van der Waals surface area contributed by atoms with Crippen molar-refractivity contribution in [2.45, 2.75) is 57.4 Å². The van der Waals surface area contributed by atoms with Crippen LogP contribution in [0.4, 0.5) is 0 Å². The van der Waals surface area contributed by atoms with Gasteiger partial charge in [-0.15, -0.1) is 11.6 Å². The molecule has 2 unspecified atom stereocenters. The normalized spacial score (nSPS) is 25.1. The molecule has 0 aromatic carbocycles. The van der Waals surface area contributed by atoms with E-state index in [0.717, 1.165) is 12.8 Å². The third-order valence-electron chi connectivity index (χ3n) is 4.34. The number of alkyl halides is 1. The maximum absolute atomic E-state index is 13.0. The first-order valence-corrected chi connectivity index (χ1v) is 8.94. The minimum atomic E-state index is -3.54. The third kappa shape index (κ3) is 2.51. The van der Waals surface area contributed by atoms with Gasteiger partial charge in [0.1, 0.15) is 16.4 Å². The average Bonchev–Trinajstić information content (AvgIpc) is 2.67. The predicted molar refractivity (Wildman–Crippen MR) is 79.5 cm³/mol. The monoisotopic (exact) mass is 319 g/mol. The van der Waals surface area contributed by atoms with Crippen molar-refractivity contribution in [1.29, 1.82) is 0 Å². The van der Waals surface area contributed by atoms with Crippen LogP contribution in [0.3, 0.4) is 0 Å². The quantitative estimate of drug-likeness (QED) is 0.802. The molecule has 1 aliphatic heterocycles. The van der Waals surface area contributed by atoms with E-state index in [0.29, 0.717) is 29.5 Å². The van der Waals surface area contributed by atoms with Gasteiger partial charge in [0.05, 0.1) is 5.88 Å². The zero-order chi connectivity index (χ0) is 15.1. The lowest BCUT2D eigenvalue weighted by atomic mass is 9.94. The van der Waals surface area contributed by atoms with Crippen LogP contribution in [-0.4, -0.2) is 25.3 Å². The minimum absolute atomic E-state index is 0.00605. The lowest BCUT2D eigenvalue weighted by molar-refractivity contribution is 0.202. The molecular weight excluding hydrogens is 298 g/mol. The van der Waals surface area contributed by atoms with Crippen molar-refractivity contribution in [2.75, 3.05) is 6.54 Å². The first kappa shape index (κ1) is 15.9. The molecular formula is C14H22ClNO3S. The number of hydrogen-bond acceptors (Lipinski definition) is 3. The summed E-state index contributed by atoms with van der Waals surface area (Å²) in [6, 6.07) is 0.00605. The van der Waals surface area contributed by atoms with E-state index in [4.69, 9.17) is 16.0 Å². The van der Waals surface area contributed by atoms with Gasteiger partial charge in [0.2, 0.25) is 10.0 Å². The zero-order valence-electron chi connectivity index (χ0n) is 12.4. The molecule has 2 rings (SSSR count). The first-order valence-electron chi connectivity index (χ1n) is 6.97. The van der Waals surface area contributed by atoms with E-state index < -0.39 is 10.0 Å². The molecule has 1 saturated heterocycles. The molecule has 114 valence electrons. The van der Waals surface area contributed by atoms with Gasteiger partial charge < -0.3 is 4.42 Å². The SMILES string of the molecule is Cc1oc(C)c(S(=O)(=O)N2CCCC(C)C2C)c1CCl. The number of sulfonamides is 1. The minimum Gasteiger partial charge on any atom is -0.465 e. The number of nitrogens with zero attached hydrogens (tertiary/aromatic N) is 1. The molecule has 0 radical (unpaired) electrons. The third-order valence-corrected chi connectivity index (χ3v) is 6.79. The Morgan fingerprint density at radius 3 is 2.55 bits per heavy atom. The van der Waals surface area contributed by atoms with Crippen LogP contribution in [0.25, 0.3) is 0 Å². The lowest BCUT2D eigenvalue weighted by Gasteiger charge is -2.36. The van der Waals surface area contributed by atoms with Crippen LogP contribution in [0.15, 0.2) is 9.31 Å². The van der Waals surface area contributed by atoms with Crippen molar-refractivity contribution < 1.29 is 12.8 Å². The van der Waals surface area contributed by atoms with Crippen molar-refractivity contribution in [2.24, 2.45) is 5.92 Å². The molecule has 1 fully saturated rings. The molecule has 2 heterocycles. The van der Waals surface area contributed by atoms with Gasteiger partial charge in [-0.1, -0.05) is 6.92 Å². The standard InChI is InChI=1S/C14H22ClNO3S/c1-9-6-5-7-16(10(9)2)20(17,18)14-12(4)19-11(3)13(14)8-15/h9-10H,5-8H2,1-4H3. The second-order valence-electron chi connectivity index (χ2n) is 5.63. The van der Waals surface area contributed by atoms with E-state index in [-0.39, 0.29) is 16.8 Å². The fraction of sp³-hybridized carbons (Fsp3) is 0.714. The highest BCUT2D eigenvalue weighted by Gasteiger charge is 2.38. The summed E-state index contributed by atoms with van der Waals surface area (Å²) >= 11 is 5.92. The Morgan fingerprint density at radius 2 is 1.95 bits per heavy atom. The molecule has 2 atom stereocenters. The van der Waals surface area contributed by atoms with Crippen LogP contribution in [0, 0.1) is 19.8 Å². The van der Waals surface area contributed by atoms with Gasteiger partial charge in [-0.05, 0) is 39.5 Å². The van der Waals surface area contributed by atoms with Crippen molar-refractivity contribution in [1.82, 2.24) is 4.31 Å². The Morgan fingerprint density at radius 1 is 1.30 bits per heavy atom. The lowest BCUT2D eigenvalue weighted by Crippen LogP contribution is -2.46. The van der Waals surface area contributed by atoms with Crippen LogP contribution in [-0.2, 0) is 15.9 Å². The van der Waals surface area contributed by atoms with E-state index in [1.54, 1.807) is 18.2 Å². The maximum Gasteiger partial charge on any atom is 0.247 e. The molecule has 0 amide bonds. The molecule has 0 saturated carbocycles. The van der Waals surface area contributed by atoms with Gasteiger partial charge in [-0.2, -0.15) is 4.31 Å². The van der Waals surface area contributed by atoms with E-state index >= 15 is 0 Å². The summed E-state index contributed by atoms with van der Waals surface area (Å²) < 4.78 is 33.0. The molecule has 0 aliphatic carbocycles. The summed E-state index contributed by atoms with van der Waals surface area (Å²) in [4.78, 5) is 0.269. The largest absolute Gasteiger partial charge is 0.465 e. The highest BCUT2D eigenvalue weighted by molar-refractivity contribution is 7.89. The Balaban J connectivity index is 2.50. The van der Waals surface area contributed by atoms with Crippen molar-refractivity contribution in [3.05, 3.63) is 17.1 Å². The van der Waals surface area contributed by atoms with Crippen LogP contribution in [0.5, 0.6) is 0 Å². The molecule has 0 N–H and O–H groups in total. The van der Waals surface area contributed by atoms with Crippen LogP contribution in [0.1, 0.15) is 43.8 Å². The Hall–Kier alpha value is -0.520. The van der Waals surface area contributed by atoms with E-state index in [1.165, 1.54) is 0 Å². The Bertz CT molecular complexity index is 594. The maximum atomic E-state index is 13.0.